The van der Waals surface area contributed by atoms with Crippen molar-refractivity contribution in [3.63, 3.8) is 0 Å². The first-order chi connectivity index (χ1) is 13.2. The van der Waals surface area contributed by atoms with E-state index in [9.17, 15) is 4.79 Å². The van der Waals surface area contributed by atoms with Crippen molar-refractivity contribution in [3.05, 3.63) is 22.8 Å². The number of nitrogens with two attached hydrogens (primary N) is 1. The van der Waals surface area contributed by atoms with Crippen molar-refractivity contribution >= 4 is 17.7 Å². The molecule has 1 amide bonds. The number of carbonyl (C=O) groups excluding carboxylic acids is 1. The Morgan fingerprint density at radius 3 is 2.54 bits per heavy atom. The molecule has 1 fully saturated rings. The van der Waals surface area contributed by atoms with Crippen molar-refractivity contribution < 1.29 is 9.53 Å². The largest absolute Gasteiger partial charge is 0.444 e. The number of hydrogen-bond acceptors (Lipinski definition) is 7. The van der Waals surface area contributed by atoms with Gasteiger partial charge in [0.2, 0.25) is 0 Å². The van der Waals surface area contributed by atoms with Crippen molar-refractivity contribution in [1.82, 2.24) is 26.0 Å². The summed E-state index contributed by atoms with van der Waals surface area (Å²) in [6.45, 7) is 11.3. The third-order valence-electron chi connectivity index (χ3n) is 4.64. The van der Waals surface area contributed by atoms with Gasteiger partial charge >= 0.3 is 6.09 Å². The van der Waals surface area contributed by atoms with Crippen molar-refractivity contribution in [1.29, 1.82) is 0 Å². The molecule has 0 aromatic carbocycles. The van der Waals surface area contributed by atoms with E-state index in [1.54, 1.807) is 0 Å². The minimum absolute atomic E-state index is 0.332. The zero-order valence-corrected chi connectivity index (χ0v) is 18.1. The first kappa shape index (κ1) is 22.5. The van der Waals surface area contributed by atoms with Gasteiger partial charge in [-0.3, -0.25) is 15.8 Å². The van der Waals surface area contributed by atoms with Crippen molar-refractivity contribution in [3.8, 4) is 0 Å². The third kappa shape index (κ3) is 8.06. The van der Waals surface area contributed by atoms with Crippen LogP contribution in [0.2, 0.25) is 0 Å². The average Bonchev–Trinajstić information content (AvgIpc) is 2.62. The Hall–Kier alpha value is -1.80. The number of carbonyl (C=O) groups is 1. The van der Waals surface area contributed by atoms with Gasteiger partial charge in [-0.1, -0.05) is 24.4 Å². The van der Waals surface area contributed by atoms with E-state index in [1.165, 1.54) is 12.8 Å². The van der Waals surface area contributed by atoms with Crippen LogP contribution in [-0.2, 0) is 4.74 Å². The number of ether oxygens (including phenoxy) is 1. The lowest BCUT2D eigenvalue weighted by Crippen LogP contribution is -2.48. The molecule has 0 atom stereocenters. The van der Waals surface area contributed by atoms with Crippen LogP contribution in [0, 0.1) is 0 Å². The van der Waals surface area contributed by atoms with Crippen LogP contribution in [0.25, 0.3) is 0 Å². The highest BCUT2D eigenvalue weighted by Gasteiger charge is 2.21. The Kier molecular flexibility index (Phi) is 8.57. The van der Waals surface area contributed by atoms with Crippen LogP contribution < -0.4 is 21.9 Å². The maximum atomic E-state index is 11.6. The van der Waals surface area contributed by atoms with Crippen molar-refractivity contribution in [2.45, 2.75) is 52.1 Å². The molecule has 2 heterocycles. The van der Waals surface area contributed by atoms with Gasteiger partial charge in [0.25, 0.3) is 0 Å². The van der Waals surface area contributed by atoms with Gasteiger partial charge in [0, 0.05) is 38.8 Å². The number of rotatable bonds is 8. The van der Waals surface area contributed by atoms with E-state index >= 15 is 0 Å². The first-order valence-electron chi connectivity index (χ1n) is 10.1. The lowest BCUT2D eigenvalue weighted by Gasteiger charge is -2.38. The second kappa shape index (κ2) is 10.7. The summed E-state index contributed by atoms with van der Waals surface area (Å²) < 4.78 is 5.22. The Morgan fingerprint density at radius 2 is 1.86 bits per heavy atom. The molecule has 0 bridgehead atoms. The summed E-state index contributed by atoms with van der Waals surface area (Å²) in [6, 6.07) is 0. The second-order valence-corrected chi connectivity index (χ2v) is 8.62. The van der Waals surface area contributed by atoms with Crippen molar-refractivity contribution in [2.24, 2.45) is 5.73 Å². The summed E-state index contributed by atoms with van der Waals surface area (Å²) in [7, 11) is 0. The maximum Gasteiger partial charge on any atom is 0.407 e. The maximum absolute atomic E-state index is 11.6. The number of halogens is 1. The predicted octanol–water partition coefficient (Wildman–Crippen LogP) is 2.00. The van der Waals surface area contributed by atoms with Gasteiger partial charge < -0.3 is 20.7 Å². The van der Waals surface area contributed by atoms with E-state index in [-0.39, 0.29) is 6.09 Å². The van der Waals surface area contributed by atoms with E-state index < -0.39 is 5.60 Å². The molecular formula is C19H35ClN6O2. The van der Waals surface area contributed by atoms with Crippen LogP contribution >= 0.6 is 11.6 Å². The van der Waals surface area contributed by atoms with Gasteiger partial charge in [-0.2, -0.15) is 0 Å². The molecule has 0 aliphatic carbocycles. The van der Waals surface area contributed by atoms with Gasteiger partial charge in [0.1, 0.15) is 16.6 Å². The highest BCUT2D eigenvalue weighted by Crippen LogP contribution is 2.17. The molecule has 0 spiro atoms. The molecule has 1 saturated heterocycles. The van der Waals surface area contributed by atoms with E-state index in [4.69, 9.17) is 22.1 Å². The number of amides is 1. The Bertz CT molecular complexity index is 579. The minimum Gasteiger partial charge on any atom is -0.444 e. The average molecular weight is 415 g/mol. The van der Waals surface area contributed by atoms with Gasteiger partial charge in [-0.15, -0.1) is 0 Å². The fourth-order valence-electron chi connectivity index (χ4n) is 3.22. The Balaban J connectivity index is 1.52. The number of nitrogens with zero attached hydrogens (tertiary/aromatic N) is 2. The number of unbranched alkanes of at least 4 members (excludes halogenated alkanes) is 3. The molecular weight excluding hydrogens is 380 g/mol. The Labute approximate surface area is 173 Å². The van der Waals surface area contributed by atoms with Crippen LogP contribution in [0.1, 0.15) is 46.5 Å². The Morgan fingerprint density at radius 1 is 1.18 bits per heavy atom. The lowest BCUT2D eigenvalue weighted by molar-refractivity contribution is 0.0527. The number of nitrogens with one attached hydrogen (secondary N) is 3. The normalized spacial score (nSPS) is 18.3. The van der Waals surface area contributed by atoms with Crippen LogP contribution in [0.3, 0.4) is 0 Å². The second-order valence-electron chi connectivity index (χ2n) is 8.21. The fourth-order valence-corrected chi connectivity index (χ4v) is 3.37. The number of piperazine rings is 1. The van der Waals surface area contributed by atoms with Crippen LogP contribution in [0.15, 0.2) is 22.8 Å². The summed E-state index contributed by atoms with van der Waals surface area (Å²) >= 11 is 6.02. The molecule has 0 radical (unpaired) electrons. The monoisotopic (exact) mass is 414 g/mol. The number of alkyl carbamates (subject to hydrolysis) is 1. The molecule has 0 saturated carbocycles. The summed E-state index contributed by atoms with van der Waals surface area (Å²) in [5.41, 5.74) is 12.2. The smallest absolute Gasteiger partial charge is 0.407 e. The van der Waals surface area contributed by atoms with Crippen LogP contribution in [0.4, 0.5) is 4.79 Å². The lowest BCUT2D eigenvalue weighted by atomic mass is 10.1. The molecule has 2 aliphatic heterocycles. The fraction of sp³-hybridized carbons (Fsp3) is 0.737. The quantitative estimate of drug-likeness (QED) is 0.356. The number of hydrogen-bond donors (Lipinski definition) is 4. The zero-order chi connectivity index (χ0) is 20.6. The molecule has 9 heteroatoms. The molecule has 0 aromatic rings. The van der Waals surface area contributed by atoms with E-state index in [2.05, 4.69) is 26.0 Å². The SMILES string of the molecule is CC(C)(C)OC(=O)NCCCCCCN1CCN(C2=C(N)NNC(Cl)=C2)CC1. The molecule has 2 aliphatic rings. The molecule has 5 N–H and O–H groups in total. The summed E-state index contributed by atoms with van der Waals surface area (Å²) in [4.78, 5) is 16.3. The summed E-state index contributed by atoms with van der Waals surface area (Å²) in [6.07, 6.45) is 5.97. The third-order valence-corrected chi connectivity index (χ3v) is 4.84. The van der Waals surface area contributed by atoms with Gasteiger partial charge in [-0.25, -0.2) is 4.79 Å². The van der Waals surface area contributed by atoms with E-state index in [0.717, 1.165) is 51.3 Å². The van der Waals surface area contributed by atoms with Crippen LogP contribution in [-0.4, -0.2) is 60.8 Å². The highest BCUT2D eigenvalue weighted by atomic mass is 35.5. The first-order valence-corrected chi connectivity index (χ1v) is 10.5. The number of hydrazine groups is 1. The topological polar surface area (TPSA) is 94.9 Å². The molecule has 0 unspecified atom stereocenters. The minimum atomic E-state index is -0.441. The standard InChI is InChI=1S/C19H35ClN6O2/c1-19(2,3)28-18(27)22-8-6-4-5-7-9-25-10-12-26(13-11-25)15-14-16(20)23-24-17(15)21/h14,23-24H,4-13,21H2,1-3H3,(H,22,27). The zero-order valence-electron chi connectivity index (χ0n) is 17.3. The highest BCUT2D eigenvalue weighted by molar-refractivity contribution is 6.29. The summed E-state index contributed by atoms with van der Waals surface area (Å²) in [5.74, 6) is 0.609. The van der Waals surface area contributed by atoms with Gasteiger partial charge in [0.15, 0.2) is 0 Å². The van der Waals surface area contributed by atoms with Crippen molar-refractivity contribution in [2.75, 3.05) is 39.3 Å². The molecule has 2 rings (SSSR count). The predicted molar refractivity (Wildman–Crippen MR) is 112 cm³/mol. The molecule has 0 aromatic heterocycles. The molecule has 8 nitrogen and oxygen atoms in total. The summed E-state index contributed by atoms with van der Waals surface area (Å²) in [5, 5.41) is 3.36. The van der Waals surface area contributed by atoms with Gasteiger partial charge in [0.05, 0.1) is 5.70 Å². The van der Waals surface area contributed by atoms with Gasteiger partial charge in [-0.05, 0) is 40.2 Å². The van der Waals surface area contributed by atoms with E-state index in [0.29, 0.717) is 17.5 Å². The molecule has 28 heavy (non-hydrogen) atoms. The molecule has 160 valence electrons. The van der Waals surface area contributed by atoms with Crippen LogP contribution in [0.5, 0.6) is 0 Å². The van der Waals surface area contributed by atoms with E-state index in [1.807, 2.05) is 26.8 Å². The number of allylic oxidation sites excluding steroid dienone is 1.